The molecule has 1 aliphatic rings. The quantitative estimate of drug-likeness (QED) is 0.600. The second-order valence-electron chi connectivity index (χ2n) is 8.18. The van der Waals surface area contributed by atoms with Crippen molar-refractivity contribution in [2.45, 2.75) is 33.8 Å². The van der Waals surface area contributed by atoms with Crippen LogP contribution in [-0.4, -0.2) is 43.1 Å². The van der Waals surface area contributed by atoms with Crippen LogP contribution in [0.4, 0.5) is 5.69 Å². The summed E-state index contributed by atoms with van der Waals surface area (Å²) in [6.07, 6.45) is -0.639. The Bertz CT molecular complexity index is 1160. The predicted molar refractivity (Wildman–Crippen MR) is 122 cm³/mol. The summed E-state index contributed by atoms with van der Waals surface area (Å²) >= 11 is 0. The largest absolute Gasteiger partial charge is 0.480 e. The van der Waals surface area contributed by atoms with Crippen molar-refractivity contribution in [2.75, 3.05) is 31.1 Å². The molecule has 6 heteroatoms. The number of rotatable bonds is 4. The van der Waals surface area contributed by atoms with Crippen molar-refractivity contribution < 1.29 is 13.9 Å². The van der Waals surface area contributed by atoms with Gasteiger partial charge in [-0.05, 0) is 63.1 Å². The van der Waals surface area contributed by atoms with Gasteiger partial charge in [-0.15, -0.1) is 0 Å². The molecule has 162 valence electrons. The molecule has 1 aromatic heterocycles. The van der Waals surface area contributed by atoms with Crippen LogP contribution in [-0.2, 0) is 4.79 Å². The summed E-state index contributed by atoms with van der Waals surface area (Å²) in [4.78, 5) is 29.3. The minimum absolute atomic E-state index is 0.0332. The van der Waals surface area contributed by atoms with Crippen molar-refractivity contribution in [2.24, 2.45) is 0 Å². The number of anilines is 1. The van der Waals surface area contributed by atoms with Gasteiger partial charge in [-0.25, -0.2) is 4.79 Å². The van der Waals surface area contributed by atoms with E-state index in [2.05, 4.69) is 17.0 Å². The normalized spacial score (nSPS) is 15.2. The zero-order valence-corrected chi connectivity index (χ0v) is 18.5. The monoisotopic (exact) mass is 420 g/mol. The molecular weight excluding hydrogens is 392 g/mol. The zero-order chi connectivity index (χ0) is 22.1. The fourth-order valence-electron chi connectivity index (χ4n) is 4.10. The average molecular weight is 421 g/mol. The number of para-hydroxylation sites is 1. The van der Waals surface area contributed by atoms with Crippen LogP contribution in [0.15, 0.2) is 51.7 Å². The smallest absolute Gasteiger partial charge is 0.339 e. The van der Waals surface area contributed by atoms with Crippen molar-refractivity contribution in [3.8, 4) is 5.75 Å². The number of hydrogen-bond donors (Lipinski definition) is 0. The molecule has 0 aliphatic carbocycles. The first kappa shape index (κ1) is 21.0. The van der Waals surface area contributed by atoms with E-state index in [0.717, 1.165) is 29.6 Å². The number of carbonyl (C=O) groups excluding carboxylic acids is 1. The Hall–Kier alpha value is -3.28. The van der Waals surface area contributed by atoms with Crippen molar-refractivity contribution in [3.63, 3.8) is 0 Å². The lowest BCUT2D eigenvalue weighted by molar-refractivity contribution is -0.138. The van der Waals surface area contributed by atoms with E-state index in [0.29, 0.717) is 30.0 Å². The van der Waals surface area contributed by atoms with Crippen LogP contribution in [0, 0.1) is 20.8 Å². The van der Waals surface area contributed by atoms with Crippen molar-refractivity contribution in [1.82, 2.24) is 4.90 Å². The van der Waals surface area contributed by atoms with Crippen LogP contribution in [0.1, 0.15) is 23.6 Å². The average Bonchev–Trinajstić information content (AvgIpc) is 2.77. The minimum atomic E-state index is -0.639. The number of hydrogen-bond acceptors (Lipinski definition) is 5. The minimum Gasteiger partial charge on any atom is -0.480 e. The molecule has 2 heterocycles. The van der Waals surface area contributed by atoms with Gasteiger partial charge in [0.15, 0.2) is 6.10 Å². The first-order valence-electron chi connectivity index (χ1n) is 10.6. The SMILES string of the molecule is Cc1cc(O[C@H](C)C(=O)N2CCN(c3ccccc3)CC2)c2c(C)c(C)c(=O)oc2c1. The summed E-state index contributed by atoms with van der Waals surface area (Å²) < 4.78 is 11.6. The summed E-state index contributed by atoms with van der Waals surface area (Å²) in [5, 5.41) is 0.747. The molecule has 0 bridgehead atoms. The maximum absolute atomic E-state index is 13.1. The highest BCUT2D eigenvalue weighted by molar-refractivity contribution is 5.89. The Labute approximate surface area is 182 Å². The molecule has 6 nitrogen and oxygen atoms in total. The molecule has 2 aromatic carbocycles. The fourth-order valence-corrected chi connectivity index (χ4v) is 4.10. The third-order valence-corrected chi connectivity index (χ3v) is 6.02. The van der Waals surface area contributed by atoms with E-state index in [9.17, 15) is 9.59 Å². The number of aryl methyl sites for hydroxylation is 2. The highest BCUT2D eigenvalue weighted by Gasteiger charge is 2.27. The van der Waals surface area contributed by atoms with Crippen LogP contribution in [0.2, 0.25) is 0 Å². The van der Waals surface area contributed by atoms with Crippen LogP contribution < -0.4 is 15.3 Å². The number of fused-ring (bicyclic) bond motifs is 1. The molecule has 31 heavy (non-hydrogen) atoms. The molecule has 1 amide bonds. The fraction of sp³-hybridized carbons (Fsp3) is 0.360. The Kier molecular flexibility index (Phi) is 5.72. The molecule has 0 spiro atoms. The highest BCUT2D eigenvalue weighted by atomic mass is 16.5. The number of piperazine rings is 1. The summed E-state index contributed by atoms with van der Waals surface area (Å²) in [5.74, 6) is 0.539. The second-order valence-corrected chi connectivity index (χ2v) is 8.18. The topological polar surface area (TPSA) is 63.0 Å². The van der Waals surface area contributed by atoms with Crippen LogP contribution in [0.25, 0.3) is 11.0 Å². The Morgan fingerprint density at radius 1 is 1.00 bits per heavy atom. The van der Waals surface area contributed by atoms with Gasteiger partial charge in [0.2, 0.25) is 0 Å². The molecular formula is C25H28N2O4. The first-order valence-corrected chi connectivity index (χ1v) is 10.6. The number of amides is 1. The van der Waals surface area contributed by atoms with Crippen LogP contribution in [0.3, 0.4) is 0 Å². The van der Waals surface area contributed by atoms with E-state index < -0.39 is 6.10 Å². The lowest BCUT2D eigenvalue weighted by Gasteiger charge is -2.37. The third-order valence-electron chi connectivity index (χ3n) is 6.02. The number of ether oxygens (including phenoxy) is 1. The molecule has 0 N–H and O–H groups in total. The molecule has 1 fully saturated rings. The van der Waals surface area contributed by atoms with Crippen LogP contribution >= 0.6 is 0 Å². The molecule has 0 radical (unpaired) electrons. The van der Waals surface area contributed by atoms with Crippen molar-refractivity contribution in [1.29, 1.82) is 0 Å². The number of carbonyl (C=O) groups is 1. The molecule has 1 aliphatic heterocycles. The van der Waals surface area contributed by atoms with Gasteiger partial charge in [-0.3, -0.25) is 4.79 Å². The molecule has 0 saturated carbocycles. The summed E-state index contributed by atoms with van der Waals surface area (Å²) in [6.45, 7) is 10.2. The molecule has 4 rings (SSSR count). The number of benzene rings is 2. The van der Waals surface area contributed by atoms with Crippen molar-refractivity contribution >= 4 is 22.6 Å². The van der Waals surface area contributed by atoms with Crippen LogP contribution in [0.5, 0.6) is 5.75 Å². The standard InChI is InChI=1S/C25H28N2O4/c1-16-14-21(23-17(2)18(3)25(29)31-22(23)15-16)30-19(4)24(28)27-12-10-26(11-13-27)20-8-6-5-7-9-20/h5-9,14-15,19H,10-13H2,1-4H3/t19-/m1/s1. The van der Waals surface area contributed by atoms with Gasteiger partial charge in [-0.2, -0.15) is 0 Å². The maximum atomic E-state index is 13.1. The highest BCUT2D eigenvalue weighted by Crippen LogP contribution is 2.31. The van der Waals surface area contributed by atoms with E-state index in [-0.39, 0.29) is 11.5 Å². The Balaban J connectivity index is 1.50. The summed E-state index contributed by atoms with van der Waals surface area (Å²) in [7, 11) is 0. The van der Waals surface area contributed by atoms with E-state index in [1.165, 1.54) is 5.69 Å². The number of nitrogens with zero attached hydrogens (tertiary/aromatic N) is 2. The summed E-state index contributed by atoms with van der Waals surface area (Å²) in [6, 6.07) is 14.0. The van der Waals surface area contributed by atoms with Gasteiger partial charge in [0.1, 0.15) is 11.3 Å². The third kappa shape index (κ3) is 4.15. The van der Waals surface area contributed by atoms with Gasteiger partial charge < -0.3 is 19.0 Å². The van der Waals surface area contributed by atoms with E-state index in [4.69, 9.17) is 9.15 Å². The Morgan fingerprint density at radius 2 is 1.68 bits per heavy atom. The van der Waals surface area contributed by atoms with E-state index in [1.807, 2.05) is 49.1 Å². The lowest BCUT2D eigenvalue weighted by Crippen LogP contribution is -2.52. The molecule has 3 aromatic rings. The van der Waals surface area contributed by atoms with E-state index >= 15 is 0 Å². The molecule has 1 saturated heterocycles. The molecule has 1 atom stereocenters. The van der Waals surface area contributed by atoms with Gasteiger partial charge >= 0.3 is 5.63 Å². The second kappa shape index (κ2) is 8.46. The predicted octanol–water partition coefficient (Wildman–Crippen LogP) is 3.83. The van der Waals surface area contributed by atoms with Gasteiger partial charge in [-0.1, -0.05) is 18.2 Å². The lowest BCUT2D eigenvalue weighted by atomic mass is 10.0. The molecule has 0 unspecified atom stereocenters. The van der Waals surface area contributed by atoms with Gasteiger partial charge in [0, 0.05) is 37.4 Å². The van der Waals surface area contributed by atoms with Gasteiger partial charge in [0.25, 0.3) is 5.91 Å². The Morgan fingerprint density at radius 3 is 2.35 bits per heavy atom. The van der Waals surface area contributed by atoms with Gasteiger partial charge in [0.05, 0.1) is 5.39 Å². The maximum Gasteiger partial charge on any atom is 0.339 e. The van der Waals surface area contributed by atoms with E-state index in [1.54, 1.807) is 13.8 Å². The first-order chi connectivity index (χ1) is 14.8. The summed E-state index contributed by atoms with van der Waals surface area (Å²) in [5.41, 5.74) is 3.60. The van der Waals surface area contributed by atoms with Crippen molar-refractivity contribution in [3.05, 3.63) is 69.6 Å². The zero-order valence-electron chi connectivity index (χ0n) is 18.5.